The Hall–Kier alpha value is -5.03. The van der Waals surface area contributed by atoms with Gasteiger partial charge < -0.3 is 15.0 Å². The third-order valence-corrected chi connectivity index (χ3v) is 7.37. The predicted molar refractivity (Wildman–Crippen MR) is 165 cm³/mol. The number of aromatic nitrogens is 4. The summed E-state index contributed by atoms with van der Waals surface area (Å²) in [6, 6.07) is 15.4. The molecule has 4 aromatic rings. The number of fused-ring (bicyclic) bond motifs is 2. The zero-order chi connectivity index (χ0) is 30.7. The zero-order valence-corrected chi connectivity index (χ0v) is 24.9. The molecule has 0 aliphatic carbocycles. The third-order valence-electron chi connectivity index (χ3n) is 7.37. The minimum Gasteiger partial charge on any atom is -0.444 e. The van der Waals surface area contributed by atoms with Gasteiger partial charge in [0.25, 0.3) is 5.56 Å². The summed E-state index contributed by atoms with van der Waals surface area (Å²) < 4.78 is 9.59. The molecule has 43 heavy (non-hydrogen) atoms. The van der Waals surface area contributed by atoms with E-state index in [9.17, 15) is 19.6 Å². The number of nitriles is 1. The van der Waals surface area contributed by atoms with Gasteiger partial charge in [-0.2, -0.15) is 10.2 Å². The van der Waals surface area contributed by atoms with E-state index in [0.717, 1.165) is 29.2 Å². The van der Waals surface area contributed by atoms with Crippen LogP contribution in [0.15, 0.2) is 52.1 Å². The number of ether oxygens (including phenoxy) is 1. The Morgan fingerprint density at radius 3 is 2.60 bits per heavy atom. The molecule has 1 N–H and O–H groups in total. The highest BCUT2D eigenvalue weighted by atomic mass is 16.6. The summed E-state index contributed by atoms with van der Waals surface area (Å²) in [5, 5.41) is 14.5. The van der Waals surface area contributed by atoms with Gasteiger partial charge in [-0.25, -0.2) is 9.59 Å². The van der Waals surface area contributed by atoms with Crippen LogP contribution in [0.1, 0.15) is 46.1 Å². The van der Waals surface area contributed by atoms with Crippen molar-refractivity contribution in [2.24, 2.45) is 0 Å². The number of piperidine rings is 1. The average molecular weight is 582 g/mol. The van der Waals surface area contributed by atoms with E-state index in [4.69, 9.17) is 9.72 Å². The second-order valence-corrected chi connectivity index (χ2v) is 11.6. The summed E-state index contributed by atoms with van der Waals surface area (Å²) in [7, 11) is 0. The van der Waals surface area contributed by atoms with Gasteiger partial charge in [-0.1, -0.05) is 48.4 Å². The lowest BCUT2D eigenvalue weighted by molar-refractivity contribution is 0.0499. The lowest BCUT2D eigenvalue weighted by atomic mass is 10.0. The summed E-state index contributed by atoms with van der Waals surface area (Å²) in [5.41, 5.74) is -0.573. The minimum absolute atomic E-state index is 0.0337. The quantitative estimate of drug-likeness (QED) is 0.345. The summed E-state index contributed by atoms with van der Waals surface area (Å²) in [4.78, 5) is 47.1. The molecule has 1 amide bonds. The molecule has 1 atom stereocenters. The average Bonchev–Trinajstić information content (AvgIpc) is 3.35. The second kappa shape index (κ2) is 12.1. The Balaban J connectivity index is 1.62. The number of hydrogen-bond donors (Lipinski definition) is 1. The molecular weight excluding hydrogens is 546 g/mol. The van der Waals surface area contributed by atoms with Crippen LogP contribution in [-0.4, -0.2) is 49.5 Å². The number of amides is 1. The molecule has 222 valence electrons. The number of nitrogens with one attached hydrogen (secondary N) is 1. The van der Waals surface area contributed by atoms with Crippen LogP contribution in [0.25, 0.3) is 21.9 Å². The Morgan fingerprint density at radius 1 is 1.09 bits per heavy atom. The van der Waals surface area contributed by atoms with E-state index in [1.807, 2.05) is 68.1 Å². The van der Waals surface area contributed by atoms with Crippen molar-refractivity contribution in [2.75, 3.05) is 18.0 Å². The first-order valence-electron chi connectivity index (χ1n) is 14.3. The molecule has 0 saturated carbocycles. The van der Waals surface area contributed by atoms with Crippen LogP contribution in [0.4, 0.5) is 10.7 Å². The lowest BCUT2D eigenvalue weighted by Gasteiger charge is -2.34. The minimum atomic E-state index is -0.623. The van der Waals surface area contributed by atoms with Crippen LogP contribution in [0.3, 0.4) is 0 Å². The van der Waals surface area contributed by atoms with Crippen LogP contribution in [-0.2, 0) is 24.4 Å². The highest BCUT2D eigenvalue weighted by Gasteiger charge is 2.29. The first kappa shape index (κ1) is 29.5. The Labute approximate surface area is 249 Å². The van der Waals surface area contributed by atoms with E-state index in [1.54, 1.807) is 11.5 Å². The van der Waals surface area contributed by atoms with E-state index in [1.165, 1.54) is 9.13 Å². The van der Waals surface area contributed by atoms with Crippen molar-refractivity contribution in [3.8, 4) is 17.9 Å². The fourth-order valence-electron chi connectivity index (χ4n) is 5.53. The summed E-state index contributed by atoms with van der Waals surface area (Å²) >= 11 is 0. The number of hydrogen-bond acceptors (Lipinski definition) is 7. The zero-order valence-electron chi connectivity index (χ0n) is 24.9. The smallest absolute Gasteiger partial charge is 0.407 e. The number of imidazole rings is 1. The number of rotatable bonds is 6. The van der Waals surface area contributed by atoms with Crippen molar-refractivity contribution < 1.29 is 9.53 Å². The van der Waals surface area contributed by atoms with E-state index in [2.05, 4.69) is 23.2 Å². The molecule has 11 heteroatoms. The fraction of sp³-hybridized carbons (Fsp3) is 0.406. The molecule has 5 rings (SSSR count). The Kier molecular flexibility index (Phi) is 8.27. The molecule has 1 unspecified atom stereocenters. The van der Waals surface area contributed by atoms with Crippen LogP contribution in [0, 0.1) is 23.2 Å². The molecule has 11 nitrogen and oxygen atoms in total. The van der Waals surface area contributed by atoms with Crippen molar-refractivity contribution in [1.29, 1.82) is 5.26 Å². The van der Waals surface area contributed by atoms with E-state index in [0.29, 0.717) is 19.0 Å². The van der Waals surface area contributed by atoms with Gasteiger partial charge in [-0.05, 0) is 56.9 Å². The van der Waals surface area contributed by atoms with E-state index < -0.39 is 22.9 Å². The largest absolute Gasteiger partial charge is 0.444 e. The number of nitrogens with zero attached hydrogens (tertiary/aromatic N) is 6. The molecule has 2 aromatic carbocycles. The van der Waals surface area contributed by atoms with Gasteiger partial charge in [0.2, 0.25) is 5.95 Å². The number of benzene rings is 2. The van der Waals surface area contributed by atoms with Gasteiger partial charge in [0.15, 0.2) is 11.2 Å². The normalized spacial score (nSPS) is 15.1. The molecule has 0 bridgehead atoms. The first-order chi connectivity index (χ1) is 20.6. The van der Waals surface area contributed by atoms with Crippen LogP contribution in [0.5, 0.6) is 0 Å². The van der Waals surface area contributed by atoms with E-state index in [-0.39, 0.29) is 36.8 Å². The van der Waals surface area contributed by atoms with Crippen molar-refractivity contribution in [1.82, 2.24) is 24.0 Å². The van der Waals surface area contributed by atoms with Crippen molar-refractivity contribution in [2.45, 2.75) is 71.8 Å². The van der Waals surface area contributed by atoms with Crippen molar-refractivity contribution in [3.63, 3.8) is 0 Å². The molecule has 3 heterocycles. The standard InChI is InChI=1S/C32H35N7O4/c1-5-6-18-37-26-27(35-29(37)36-17-10-14-24(21-36)34-30(41)43-32(2,3)4)38(19-16-33)31(42)39(28(26)40)20-23-13-9-12-22-11-7-8-15-25(22)23/h7-9,11-13,15,24H,10,14,17-21H2,1-4H3,(H,34,41). The summed E-state index contributed by atoms with van der Waals surface area (Å²) in [6.07, 6.45) is 1.02. The molecule has 0 spiro atoms. The monoisotopic (exact) mass is 581 g/mol. The molecule has 0 radical (unpaired) electrons. The Bertz CT molecular complexity index is 1910. The van der Waals surface area contributed by atoms with Crippen molar-refractivity contribution >= 4 is 34.0 Å². The fourth-order valence-corrected chi connectivity index (χ4v) is 5.53. The lowest BCUT2D eigenvalue weighted by Crippen LogP contribution is -2.49. The molecule has 1 aliphatic heterocycles. The maximum absolute atomic E-state index is 14.1. The molecule has 1 fully saturated rings. The molecular formula is C32H35N7O4. The predicted octanol–water partition coefficient (Wildman–Crippen LogP) is 3.60. The number of alkyl carbamates (subject to hydrolysis) is 1. The van der Waals surface area contributed by atoms with Gasteiger partial charge in [0, 0.05) is 19.1 Å². The van der Waals surface area contributed by atoms with Crippen LogP contribution in [0.2, 0.25) is 0 Å². The Morgan fingerprint density at radius 2 is 1.86 bits per heavy atom. The van der Waals surface area contributed by atoms with Gasteiger partial charge >= 0.3 is 11.8 Å². The topological polar surface area (TPSA) is 127 Å². The number of carbonyl (C=O) groups is 1. The highest BCUT2D eigenvalue weighted by Crippen LogP contribution is 2.24. The van der Waals surface area contributed by atoms with Crippen LogP contribution < -0.4 is 21.5 Å². The second-order valence-electron chi connectivity index (χ2n) is 11.6. The highest BCUT2D eigenvalue weighted by molar-refractivity contribution is 5.85. The molecule has 1 saturated heterocycles. The molecule has 2 aromatic heterocycles. The van der Waals surface area contributed by atoms with Gasteiger partial charge in [-0.3, -0.25) is 18.5 Å². The number of anilines is 1. The first-order valence-corrected chi connectivity index (χ1v) is 14.3. The van der Waals surface area contributed by atoms with Gasteiger partial charge in [0.1, 0.15) is 12.1 Å². The van der Waals surface area contributed by atoms with Gasteiger partial charge in [-0.15, -0.1) is 5.92 Å². The van der Waals surface area contributed by atoms with E-state index >= 15 is 0 Å². The summed E-state index contributed by atoms with van der Waals surface area (Å²) in [5.74, 6) is 6.37. The SMILES string of the molecule is CC#CCn1c(N2CCCC(NC(=O)OC(C)(C)C)C2)nc2c1c(=O)n(Cc1cccc3ccccc13)c(=O)n2CC#N. The maximum Gasteiger partial charge on any atom is 0.407 e. The third kappa shape index (κ3) is 6.12. The van der Waals surface area contributed by atoms with Crippen molar-refractivity contribution in [3.05, 3.63) is 68.9 Å². The van der Waals surface area contributed by atoms with Gasteiger partial charge in [0.05, 0.1) is 19.2 Å². The molecule has 1 aliphatic rings. The number of carbonyl (C=O) groups excluding carboxylic acids is 1. The summed E-state index contributed by atoms with van der Waals surface area (Å²) in [6.45, 7) is 8.12. The van der Waals surface area contributed by atoms with Crippen LogP contribution >= 0.6 is 0 Å². The maximum atomic E-state index is 14.1.